The van der Waals surface area contributed by atoms with Crippen molar-refractivity contribution in [2.75, 3.05) is 20.3 Å². The van der Waals surface area contributed by atoms with E-state index in [0.29, 0.717) is 0 Å². The van der Waals surface area contributed by atoms with Gasteiger partial charge in [0.1, 0.15) is 12.2 Å². The average Bonchev–Trinajstić information content (AvgIpc) is 2.70. The van der Waals surface area contributed by atoms with Crippen molar-refractivity contribution < 1.29 is 44.6 Å². The lowest BCUT2D eigenvalue weighted by atomic mass is 9.57. The minimum Gasteiger partial charge on any atom is -0.512 e. The van der Waals surface area contributed by atoms with E-state index in [2.05, 4.69) is 31.1 Å². The highest BCUT2D eigenvalue weighted by atomic mass is 16.5. The van der Waals surface area contributed by atoms with E-state index >= 15 is 0 Å². The number of carbonyl (C=O) groups is 2. The van der Waals surface area contributed by atoms with Crippen LogP contribution in [0.2, 0.25) is 0 Å². The Kier molecular flexibility index (Phi) is 8.55. The lowest BCUT2D eigenvalue weighted by molar-refractivity contribution is -0.164. The van der Waals surface area contributed by atoms with Gasteiger partial charge in [-0.3, -0.25) is 0 Å². The molecule has 9 nitrogen and oxygen atoms in total. The summed E-state index contributed by atoms with van der Waals surface area (Å²) in [6.07, 6.45) is -4.36. The summed E-state index contributed by atoms with van der Waals surface area (Å²) in [4.78, 5) is 24.5. The van der Waals surface area contributed by atoms with Crippen LogP contribution in [0.3, 0.4) is 0 Å². The molecule has 1 saturated carbocycles. The summed E-state index contributed by atoms with van der Waals surface area (Å²) in [5, 5.41) is 49.6. The van der Waals surface area contributed by atoms with Gasteiger partial charge in [0.05, 0.1) is 43.7 Å². The zero-order valence-electron chi connectivity index (χ0n) is 17.2. The fourth-order valence-corrected chi connectivity index (χ4v) is 3.84. The molecule has 30 heavy (non-hydrogen) atoms. The summed E-state index contributed by atoms with van der Waals surface area (Å²) >= 11 is 0. The van der Waals surface area contributed by atoms with Crippen LogP contribution in [-0.2, 0) is 19.1 Å². The molecule has 0 aromatic rings. The Morgan fingerprint density at radius 3 is 2.17 bits per heavy atom. The van der Waals surface area contributed by atoms with Crippen LogP contribution in [0, 0.1) is 17.3 Å². The molecule has 6 unspecified atom stereocenters. The molecular weight excluding hydrogens is 396 g/mol. The third-order valence-electron chi connectivity index (χ3n) is 5.67. The van der Waals surface area contributed by atoms with Gasteiger partial charge in [0.25, 0.3) is 0 Å². The van der Waals surface area contributed by atoms with Crippen molar-refractivity contribution in [3.63, 3.8) is 0 Å². The molecule has 1 fully saturated rings. The first-order valence-corrected chi connectivity index (χ1v) is 9.18. The maximum absolute atomic E-state index is 12.4. The molecule has 0 amide bonds. The molecule has 0 bridgehead atoms. The number of methoxy groups -OCH3 is 1. The molecule has 0 heterocycles. The van der Waals surface area contributed by atoms with Crippen LogP contribution in [-0.4, -0.2) is 76.1 Å². The standard InChI is InChI=1S/C21H30O9/c1-10(8-22)17-18(26)16(12(3)19(27)29-6)15(7-21(17,5)13(4)24)30-20(28)11(2)14(25)9-23/h14-18,22-26H,1-4,7-9H2,5-6H3. The number of aliphatic hydroxyl groups is 5. The van der Waals surface area contributed by atoms with Crippen LogP contribution in [0.5, 0.6) is 0 Å². The maximum atomic E-state index is 12.4. The van der Waals surface area contributed by atoms with Gasteiger partial charge in [0.2, 0.25) is 0 Å². The van der Waals surface area contributed by atoms with Gasteiger partial charge >= 0.3 is 11.9 Å². The summed E-state index contributed by atoms with van der Waals surface area (Å²) in [5.41, 5.74) is -1.74. The fourth-order valence-electron chi connectivity index (χ4n) is 3.84. The van der Waals surface area contributed by atoms with E-state index in [0.717, 1.165) is 7.11 Å². The molecule has 9 heteroatoms. The average molecular weight is 426 g/mol. The number of hydrogen-bond donors (Lipinski definition) is 5. The van der Waals surface area contributed by atoms with E-state index in [-0.39, 0.29) is 23.3 Å². The van der Waals surface area contributed by atoms with E-state index in [4.69, 9.17) is 9.84 Å². The van der Waals surface area contributed by atoms with Gasteiger partial charge in [-0.1, -0.05) is 33.2 Å². The molecule has 0 aromatic carbocycles. The molecule has 1 rings (SSSR count). The van der Waals surface area contributed by atoms with Gasteiger partial charge in [-0.15, -0.1) is 0 Å². The van der Waals surface area contributed by atoms with E-state index in [1.54, 1.807) is 6.92 Å². The number of aliphatic hydroxyl groups excluding tert-OH is 5. The highest BCUT2D eigenvalue weighted by molar-refractivity contribution is 5.90. The highest BCUT2D eigenvalue weighted by Crippen LogP contribution is 2.52. The lowest BCUT2D eigenvalue weighted by Gasteiger charge is -2.50. The van der Waals surface area contributed by atoms with Gasteiger partial charge in [-0.25, -0.2) is 9.59 Å². The van der Waals surface area contributed by atoms with Crippen LogP contribution in [0.25, 0.3) is 0 Å². The van der Waals surface area contributed by atoms with Gasteiger partial charge in [0, 0.05) is 16.9 Å². The van der Waals surface area contributed by atoms with Crippen molar-refractivity contribution in [1.29, 1.82) is 0 Å². The molecule has 0 saturated heterocycles. The summed E-state index contributed by atoms with van der Waals surface area (Å²) in [5.74, 6) is -4.40. The van der Waals surface area contributed by atoms with Crippen LogP contribution in [0.4, 0.5) is 0 Å². The summed E-state index contributed by atoms with van der Waals surface area (Å²) in [6.45, 7) is 14.6. The number of hydrogen-bond acceptors (Lipinski definition) is 9. The first-order chi connectivity index (χ1) is 13.9. The lowest BCUT2D eigenvalue weighted by Crippen LogP contribution is -2.55. The van der Waals surface area contributed by atoms with Crippen molar-refractivity contribution in [2.24, 2.45) is 17.3 Å². The molecule has 0 aliphatic heterocycles. The predicted octanol–water partition coefficient (Wildman–Crippen LogP) is 0.160. The molecule has 0 radical (unpaired) electrons. The maximum Gasteiger partial charge on any atom is 0.336 e. The first kappa shape index (κ1) is 25.6. The monoisotopic (exact) mass is 426 g/mol. The Morgan fingerprint density at radius 2 is 1.73 bits per heavy atom. The Morgan fingerprint density at radius 1 is 1.17 bits per heavy atom. The van der Waals surface area contributed by atoms with Crippen molar-refractivity contribution >= 4 is 11.9 Å². The van der Waals surface area contributed by atoms with Crippen LogP contribution < -0.4 is 0 Å². The summed E-state index contributed by atoms with van der Waals surface area (Å²) in [6, 6.07) is 0. The van der Waals surface area contributed by atoms with Crippen molar-refractivity contribution in [3.05, 3.63) is 48.8 Å². The minimum atomic E-state index is -1.56. The second-order valence-corrected chi connectivity index (χ2v) is 7.56. The Hall–Kier alpha value is -2.46. The summed E-state index contributed by atoms with van der Waals surface area (Å²) in [7, 11) is 1.12. The molecule has 0 spiro atoms. The number of carbonyl (C=O) groups excluding carboxylic acids is 2. The van der Waals surface area contributed by atoms with Crippen LogP contribution >= 0.6 is 0 Å². The zero-order chi connectivity index (χ0) is 23.4. The minimum absolute atomic E-state index is 0.127. The number of ether oxygens (including phenoxy) is 2. The van der Waals surface area contributed by atoms with Gasteiger partial charge in [-0.2, -0.15) is 0 Å². The molecule has 1 aliphatic rings. The van der Waals surface area contributed by atoms with Crippen LogP contribution in [0.15, 0.2) is 48.8 Å². The highest BCUT2D eigenvalue weighted by Gasteiger charge is 2.55. The quantitative estimate of drug-likeness (QED) is 0.150. The smallest absolute Gasteiger partial charge is 0.336 e. The van der Waals surface area contributed by atoms with Crippen molar-refractivity contribution in [1.82, 2.24) is 0 Å². The van der Waals surface area contributed by atoms with Crippen LogP contribution in [0.1, 0.15) is 13.3 Å². The third-order valence-corrected chi connectivity index (χ3v) is 5.67. The van der Waals surface area contributed by atoms with E-state index in [9.17, 15) is 30.0 Å². The molecule has 6 atom stereocenters. The zero-order valence-corrected chi connectivity index (χ0v) is 17.2. The molecule has 0 aromatic heterocycles. The Labute approximate surface area is 175 Å². The number of esters is 2. The van der Waals surface area contributed by atoms with E-state index in [1.807, 2.05) is 0 Å². The third kappa shape index (κ3) is 4.81. The fraction of sp³-hybridized carbons (Fsp3) is 0.524. The number of allylic oxidation sites excluding steroid dienone is 1. The topological polar surface area (TPSA) is 154 Å². The van der Waals surface area contributed by atoms with Gasteiger partial charge in [0.15, 0.2) is 0 Å². The van der Waals surface area contributed by atoms with Gasteiger partial charge in [-0.05, 0) is 12.0 Å². The molecule has 168 valence electrons. The molecule has 1 aliphatic carbocycles. The first-order valence-electron chi connectivity index (χ1n) is 9.18. The largest absolute Gasteiger partial charge is 0.512 e. The van der Waals surface area contributed by atoms with E-state index in [1.165, 1.54) is 0 Å². The Balaban J connectivity index is 3.47. The van der Waals surface area contributed by atoms with Gasteiger partial charge < -0.3 is 35.0 Å². The summed E-state index contributed by atoms with van der Waals surface area (Å²) < 4.78 is 10.1. The normalized spacial score (nSPS) is 29.4. The Bertz CT molecular complexity index is 741. The SMILES string of the molecule is C=C(C(=O)OC1CC(C)(C(=C)O)C(C(=C)CO)C(O)C1C(=C)C(=O)OC)C(O)CO. The van der Waals surface area contributed by atoms with E-state index < -0.39 is 66.3 Å². The van der Waals surface area contributed by atoms with Crippen molar-refractivity contribution in [2.45, 2.75) is 31.7 Å². The van der Waals surface area contributed by atoms with Crippen molar-refractivity contribution in [3.8, 4) is 0 Å². The molecular formula is C21H30O9. The molecule has 5 N–H and O–H groups in total. The number of rotatable bonds is 9. The second-order valence-electron chi connectivity index (χ2n) is 7.56. The second kappa shape index (κ2) is 10.0. The predicted molar refractivity (Wildman–Crippen MR) is 107 cm³/mol.